The predicted octanol–water partition coefficient (Wildman–Crippen LogP) is 5.24. The first-order valence-corrected chi connectivity index (χ1v) is 10.1. The summed E-state index contributed by atoms with van der Waals surface area (Å²) in [6.07, 6.45) is 4.17. The van der Waals surface area contributed by atoms with Gasteiger partial charge in [-0.15, -0.1) is 0 Å². The second-order valence-corrected chi connectivity index (χ2v) is 7.50. The maximum atomic E-state index is 12.6. The molecule has 0 amide bonds. The number of nitrogens with zero attached hydrogens (tertiary/aromatic N) is 2. The highest BCUT2D eigenvalue weighted by molar-refractivity contribution is 5.96. The number of carbonyl (C=O) groups excluding carboxylic acids is 1. The van der Waals surface area contributed by atoms with Gasteiger partial charge in [0.2, 0.25) is 0 Å². The van der Waals surface area contributed by atoms with Gasteiger partial charge < -0.3 is 4.57 Å². The van der Waals surface area contributed by atoms with Crippen molar-refractivity contribution in [1.29, 1.82) is 0 Å². The van der Waals surface area contributed by atoms with Crippen LogP contribution in [-0.4, -0.2) is 15.3 Å². The molecule has 0 spiro atoms. The van der Waals surface area contributed by atoms with Crippen molar-refractivity contribution in [3.8, 4) is 0 Å². The number of ketones is 1. The average molecular weight is 378 g/mol. The minimum Gasteiger partial charge on any atom is -0.315 e. The van der Waals surface area contributed by atoms with Crippen LogP contribution in [0.5, 0.6) is 0 Å². The van der Waals surface area contributed by atoms with Crippen LogP contribution in [0, 0.1) is 0 Å². The fourth-order valence-corrected chi connectivity index (χ4v) is 4.62. The first kappa shape index (κ1) is 17.6. The van der Waals surface area contributed by atoms with Crippen LogP contribution in [-0.2, 0) is 12.0 Å². The molecule has 1 heterocycles. The monoisotopic (exact) mass is 378 g/mol. The Morgan fingerprint density at radius 3 is 1.66 bits per heavy atom. The fraction of sp³-hybridized carbons (Fsp3) is 0.154. The summed E-state index contributed by atoms with van der Waals surface area (Å²) in [5.41, 5.74) is 4.50. The van der Waals surface area contributed by atoms with E-state index in [9.17, 15) is 4.79 Å². The van der Waals surface area contributed by atoms with E-state index in [0.29, 0.717) is 12.1 Å². The zero-order valence-corrected chi connectivity index (χ0v) is 16.2. The van der Waals surface area contributed by atoms with Crippen LogP contribution in [0.15, 0.2) is 97.3 Å². The molecule has 0 saturated carbocycles. The molecular weight excluding hydrogens is 356 g/mol. The van der Waals surface area contributed by atoms with Crippen LogP contribution in [0.3, 0.4) is 0 Å². The molecule has 0 unspecified atom stereocenters. The normalized spacial score (nSPS) is 13.9. The van der Waals surface area contributed by atoms with Crippen molar-refractivity contribution in [3.63, 3.8) is 0 Å². The summed E-state index contributed by atoms with van der Waals surface area (Å²) in [5, 5.41) is 0. The van der Waals surface area contributed by atoms with E-state index in [0.717, 1.165) is 35.2 Å². The van der Waals surface area contributed by atoms with E-state index in [4.69, 9.17) is 0 Å². The summed E-state index contributed by atoms with van der Waals surface area (Å²) in [4.78, 5) is 17.2. The van der Waals surface area contributed by atoms with Crippen molar-refractivity contribution in [2.45, 2.75) is 24.8 Å². The molecule has 5 rings (SSSR count). The number of aromatic nitrogens is 2. The molecule has 4 aromatic rings. The molecule has 0 N–H and O–H groups in total. The Labute approximate surface area is 170 Å². The van der Waals surface area contributed by atoms with Gasteiger partial charge in [0.25, 0.3) is 0 Å². The fourth-order valence-electron chi connectivity index (χ4n) is 4.62. The maximum absolute atomic E-state index is 12.6. The van der Waals surface area contributed by atoms with Gasteiger partial charge in [0, 0.05) is 12.1 Å². The third-order valence-corrected chi connectivity index (χ3v) is 5.88. The van der Waals surface area contributed by atoms with Gasteiger partial charge in [0.15, 0.2) is 5.78 Å². The number of imidazole rings is 1. The molecule has 0 bridgehead atoms. The molecule has 3 heteroatoms. The van der Waals surface area contributed by atoms with Crippen molar-refractivity contribution < 1.29 is 4.79 Å². The summed E-state index contributed by atoms with van der Waals surface area (Å²) in [5.74, 6) is 0.146. The molecule has 0 radical (unpaired) electrons. The van der Waals surface area contributed by atoms with Gasteiger partial charge in [0.05, 0.1) is 6.33 Å². The molecule has 3 nitrogen and oxygen atoms in total. The van der Waals surface area contributed by atoms with Crippen LogP contribution in [0.1, 0.15) is 45.7 Å². The number of fused-ring (bicyclic) bond motifs is 1. The van der Waals surface area contributed by atoms with Crippen LogP contribution in [0.4, 0.5) is 0 Å². The molecule has 0 fully saturated rings. The lowest BCUT2D eigenvalue weighted by Crippen LogP contribution is -2.39. The molecule has 0 atom stereocenters. The van der Waals surface area contributed by atoms with Crippen LogP contribution in [0.25, 0.3) is 0 Å². The van der Waals surface area contributed by atoms with E-state index in [-0.39, 0.29) is 5.78 Å². The first-order chi connectivity index (χ1) is 14.3. The predicted molar refractivity (Wildman–Crippen MR) is 114 cm³/mol. The number of rotatable bonds is 4. The Kier molecular flexibility index (Phi) is 4.36. The van der Waals surface area contributed by atoms with Crippen molar-refractivity contribution in [3.05, 3.63) is 125 Å². The Hall–Kier alpha value is -3.46. The third-order valence-electron chi connectivity index (χ3n) is 5.88. The van der Waals surface area contributed by atoms with Gasteiger partial charge in [-0.3, -0.25) is 4.79 Å². The lowest BCUT2D eigenvalue weighted by molar-refractivity contribution is 0.0967. The molecule has 1 aliphatic carbocycles. The molecule has 3 aromatic carbocycles. The highest BCUT2D eigenvalue weighted by atomic mass is 16.1. The van der Waals surface area contributed by atoms with Crippen LogP contribution >= 0.6 is 0 Å². The van der Waals surface area contributed by atoms with Crippen LogP contribution in [0.2, 0.25) is 0 Å². The summed E-state index contributed by atoms with van der Waals surface area (Å²) < 4.78 is 2.24. The number of hydrogen-bond acceptors (Lipinski definition) is 2. The second-order valence-electron chi connectivity index (χ2n) is 7.50. The zero-order valence-electron chi connectivity index (χ0n) is 16.2. The molecular formula is C26H22N2O. The van der Waals surface area contributed by atoms with E-state index in [1.165, 1.54) is 0 Å². The quantitative estimate of drug-likeness (QED) is 0.455. The number of hydrogen-bond donors (Lipinski definition) is 0. The van der Waals surface area contributed by atoms with Crippen molar-refractivity contribution in [2.24, 2.45) is 0 Å². The first-order valence-electron chi connectivity index (χ1n) is 10.1. The van der Waals surface area contributed by atoms with Gasteiger partial charge in [-0.05, 0) is 29.5 Å². The summed E-state index contributed by atoms with van der Waals surface area (Å²) >= 11 is 0. The standard InChI is InChI=1S/C26H22N2O/c29-24-18-10-17-23-25(24)27-19-28(23)26(20-11-4-1-5-12-20,21-13-6-2-7-14-21)22-15-8-3-9-16-22/h1-9,11-16,19H,10,17-18H2. The van der Waals surface area contributed by atoms with E-state index in [1.54, 1.807) is 0 Å². The van der Waals surface area contributed by atoms with Gasteiger partial charge in [0.1, 0.15) is 11.2 Å². The average Bonchev–Trinajstić information content (AvgIpc) is 3.23. The SMILES string of the molecule is O=C1CCCc2c1ncn2C(c1ccccc1)(c1ccccc1)c1ccccc1. The number of benzene rings is 3. The third kappa shape index (κ3) is 2.73. The smallest absolute Gasteiger partial charge is 0.183 e. The van der Waals surface area contributed by atoms with Crippen LogP contribution < -0.4 is 0 Å². The highest BCUT2D eigenvalue weighted by Gasteiger charge is 2.41. The largest absolute Gasteiger partial charge is 0.315 e. The topological polar surface area (TPSA) is 34.9 Å². The summed E-state index contributed by atoms with van der Waals surface area (Å²) in [6, 6.07) is 31.5. The van der Waals surface area contributed by atoms with Gasteiger partial charge in [-0.25, -0.2) is 4.98 Å². The van der Waals surface area contributed by atoms with E-state index in [1.807, 2.05) is 24.5 Å². The second kappa shape index (κ2) is 7.17. The minimum absolute atomic E-state index is 0.146. The van der Waals surface area contributed by atoms with Gasteiger partial charge >= 0.3 is 0 Å². The van der Waals surface area contributed by atoms with Gasteiger partial charge in [-0.2, -0.15) is 0 Å². The van der Waals surface area contributed by atoms with E-state index < -0.39 is 5.54 Å². The van der Waals surface area contributed by atoms with Crippen molar-refractivity contribution >= 4 is 5.78 Å². The summed E-state index contributed by atoms with van der Waals surface area (Å²) in [6.45, 7) is 0. The Bertz CT molecular complexity index is 1030. The van der Waals surface area contributed by atoms with Crippen molar-refractivity contribution in [2.75, 3.05) is 0 Å². The highest BCUT2D eigenvalue weighted by Crippen LogP contribution is 2.42. The molecule has 0 aliphatic heterocycles. The Morgan fingerprint density at radius 1 is 0.690 bits per heavy atom. The molecule has 142 valence electrons. The lowest BCUT2D eigenvalue weighted by atomic mass is 9.76. The van der Waals surface area contributed by atoms with E-state index >= 15 is 0 Å². The molecule has 1 aromatic heterocycles. The summed E-state index contributed by atoms with van der Waals surface area (Å²) in [7, 11) is 0. The number of carbonyl (C=O) groups is 1. The maximum Gasteiger partial charge on any atom is 0.183 e. The molecule has 0 saturated heterocycles. The minimum atomic E-state index is -0.595. The zero-order chi connectivity index (χ0) is 19.7. The number of Topliss-reactive ketones (excluding diaryl/α,β-unsaturated/α-hetero) is 1. The molecule has 29 heavy (non-hydrogen) atoms. The van der Waals surface area contributed by atoms with E-state index in [2.05, 4.69) is 82.3 Å². The van der Waals surface area contributed by atoms with Crippen molar-refractivity contribution in [1.82, 2.24) is 9.55 Å². The Balaban J connectivity index is 1.91. The lowest BCUT2D eigenvalue weighted by Gasteiger charge is -2.39. The van der Waals surface area contributed by atoms with Gasteiger partial charge in [-0.1, -0.05) is 91.0 Å². The molecule has 1 aliphatic rings. The Morgan fingerprint density at radius 2 is 1.17 bits per heavy atom.